The average Bonchev–Trinajstić information content (AvgIpc) is 3.22. The molecule has 0 aliphatic rings. The molecule has 0 radical (unpaired) electrons. The van der Waals surface area contributed by atoms with Crippen molar-refractivity contribution in [1.29, 1.82) is 5.26 Å². The molecule has 1 heterocycles. The largest absolute Gasteiger partial charge is 0.497 e. The minimum atomic E-state index is -0.491. The van der Waals surface area contributed by atoms with Crippen molar-refractivity contribution in [3.63, 3.8) is 0 Å². The first-order chi connectivity index (χ1) is 13.2. The summed E-state index contributed by atoms with van der Waals surface area (Å²) in [7, 11) is 1.61. The van der Waals surface area contributed by atoms with Gasteiger partial charge in [-0.05, 0) is 48.5 Å². The van der Waals surface area contributed by atoms with E-state index in [2.05, 4.69) is 4.98 Å². The minimum absolute atomic E-state index is 0.105. The normalized spacial score (nSPS) is 10.1. The number of thiazole rings is 1. The van der Waals surface area contributed by atoms with Crippen molar-refractivity contribution in [2.45, 2.75) is 0 Å². The monoisotopic (exact) mass is 380 g/mol. The molecule has 0 aliphatic carbocycles. The quantitative estimate of drug-likeness (QED) is 0.456. The molecule has 0 amide bonds. The molecule has 136 valence electrons. The van der Waals surface area contributed by atoms with E-state index in [1.54, 1.807) is 36.8 Å². The van der Waals surface area contributed by atoms with Crippen LogP contribution in [0.4, 0.5) is 0 Å². The number of ether oxygens (including phenoxy) is 3. The van der Waals surface area contributed by atoms with Crippen LogP contribution in [0.1, 0.15) is 16.1 Å². The molecule has 2 aromatic carbocycles. The summed E-state index contributed by atoms with van der Waals surface area (Å²) in [6.07, 6.45) is 0. The van der Waals surface area contributed by atoms with Gasteiger partial charge < -0.3 is 14.2 Å². The molecule has 0 atom stereocenters. The van der Waals surface area contributed by atoms with Gasteiger partial charge in [-0.1, -0.05) is 0 Å². The second kappa shape index (κ2) is 8.83. The molecule has 0 unspecified atom stereocenters. The molecule has 3 rings (SSSR count). The molecule has 7 heteroatoms. The van der Waals surface area contributed by atoms with Gasteiger partial charge in [0.05, 0.1) is 18.7 Å². The van der Waals surface area contributed by atoms with Gasteiger partial charge in [0, 0.05) is 10.9 Å². The molecular weight excluding hydrogens is 364 g/mol. The number of rotatable bonds is 7. The van der Waals surface area contributed by atoms with Crippen molar-refractivity contribution in [2.24, 2.45) is 0 Å². The second-order valence-corrected chi connectivity index (χ2v) is 6.25. The first-order valence-corrected chi connectivity index (χ1v) is 8.97. The summed E-state index contributed by atoms with van der Waals surface area (Å²) in [4.78, 5) is 16.4. The van der Waals surface area contributed by atoms with Gasteiger partial charge in [0.25, 0.3) is 0 Å². The molecule has 0 aliphatic heterocycles. The number of carbonyl (C=O) groups excluding carboxylic acids is 1. The van der Waals surface area contributed by atoms with E-state index in [4.69, 9.17) is 19.5 Å². The standard InChI is InChI=1S/C20H16N2O4S/c1-24-16-8-4-15(5-9-16)19-22-18(13-27-19)20(23)26-11-10-25-17-6-2-14(12-21)3-7-17/h2-9,13H,10-11H2,1H3. The first-order valence-electron chi connectivity index (χ1n) is 8.09. The molecule has 0 saturated carbocycles. The third-order valence-corrected chi connectivity index (χ3v) is 4.51. The van der Waals surface area contributed by atoms with Gasteiger partial charge >= 0.3 is 5.97 Å². The van der Waals surface area contributed by atoms with Gasteiger partial charge in [-0.25, -0.2) is 9.78 Å². The number of benzene rings is 2. The summed E-state index contributed by atoms with van der Waals surface area (Å²) in [6, 6.07) is 16.2. The maximum Gasteiger partial charge on any atom is 0.357 e. The van der Waals surface area contributed by atoms with Crippen molar-refractivity contribution in [3.05, 3.63) is 65.2 Å². The number of hydrogen-bond donors (Lipinski definition) is 0. The predicted octanol–water partition coefficient (Wildman–Crippen LogP) is 3.93. The van der Waals surface area contributed by atoms with Crippen LogP contribution < -0.4 is 9.47 Å². The molecule has 3 aromatic rings. The Morgan fingerprint density at radius 3 is 2.44 bits per heavy atom. The number of hydrogen-bond acceptors (Lipinski definition) is 7. The molecule has 27 heavy (non-hydrogen) atoms. The fourth-order valence-corrected chi connectivity index (χ4v) is 3.02. The number of nitriles is 1. The molecule has 0 fully saturated rings. The third kappa shape index (κ3) is 4.84. The zero-order valence-electron chi connectivity index (χ0n) is 14.5. The van der Waals surface area contributed by atoms with E-state index in [9.17, 15) is 4.79 Å². The summed E-state index contributed by atoms with van der Waals surface area (Å²) in [5.74, 6) is 0.882. The van der Waals surface area contributed by atoms with Gasteiger partial charge in [-0.15, -0.1) is 11.3 Å². The van der Waals surface area contributed by atoms with E-state index in [0.717, 1.165) is 16.3 Å². The summed E-state index contributed by atoms with van der Waals surface area (Å²) >= 11 is 1.37. The highest BCUT2D eigenvalue weighted by Crippen LogP contribution is 2.26. The highest BCUT2D eigenvalue weighted by molar-refractivity contribution is 7.13. The van der Waals surface area contributed by atoms with Crippen LogP contribution in [0.3, 0.4) is 0 Å². The number of nitrogens with zero attached hydrogens (tertiary/aromatic N) is 2. The average molecular weight is 380 g/mol. The van der Waals surface area contributed by atoms with E-state index in [1.165, 1.54) is 11.3 Å². The van der Waals surface area contributed by atoms with Gasteiger partial charge in [0.2, 0.25) is 0 Å². The van der Waals surface area contributed by atoms with Gasteiger partial charge in [0.1, 0.15) is 29.7 Å². The van der Waals surface area contributed by atoms with Crippen LogP contribution in [-0.4, -0.2) is 31.3 Å². The molecular formula is C20H16N2O4S. The van der Waals surface area contributed by atoms with E-state index >= 15 is 0 Å². The van der Waals surface area contributed by atoms with Crippen LogP contribution in [0.15, 0.2) is 53.9 Å². The maximum absolute atomic E-state index is 12.1. The smallest absolute Gasteiger partial charge is 0.357 e. The fraction of sp³-hybridized carbons (Fsp3) is 0.150. The first kappa shape index (κ1) is 18.4. The van der Waals surface area contributed by atoms with Crippen molar-refractivity contribution in [2.75, 3.05) is 20.3 Å². The van der Waals surface area contributed by atoms with E-state index in [1.807, 2.05) is 30.3 Å². The Kier molecular flexibility index (Phi) is 6.02. The lowest BCUT2D eigenvalue weighted by Crippen LogP contribution is -2.12. The molecule has 0 saturated heterocycles. The number of methoxy groups -OCH3 is 1. The lowest BCUT2D eigenvalue weighted by atomic mass is 10.2. The SMILES string of the molecule is COc1ccc(-c2nc(C(=O)OCCOc3ccc(C#N)cc3)cs2)cc1. The Hall–Kier alpha value is -3.37. The lowest BCUT2D eigenvalue weighted by Gasteiger charge is -2.06. The van der Waals surface area contributed by atoms with Crippen LogP contribution in [0.5, 0.6) is 11.5 Å². The molecule has 0 N–H and O–H groups in total. The van der Waals surface area contributed by atoms with Crippen LogP contribution in [0, 0.1) is 11.3 Å². The summed E-state index contributed by atoms with van der Waals surface area (Å²) in [5, 5.41) is 11.2. The third-order valence-electron chi connectivity index (χ3n) is 3.62. The summed E-state index contributed by atoms with van der Waals surface area (Å²) < 4.78 is 15.8. The maximum atomic E-state index is 12.1. The zero-order valence-corrected chi connectivity index (χ0v) is 15.4. The predicted molar refractivity (Wildman–Crippen MR) is 101 cm³/mol. The Labute approximate surface area is 160 Å². The highest BCUT2D eigenvalue weighted by Gasteiger charge is 2.13. The second-order valence-electron chi connectivity index (χ2n) is 5.39. The minimum Gasteiger partial charge on any atom is -0.497 e. The van der Waals surface area contributed by atoms with Crippen LogP contribution in [0.25, 0.3) is 10.6 Å². The number of carbonyl (C=O) groups is 1. The Morgan fingerprint density at radius 1 is 1.07 bits per heavy atom. The molecule has 0 spiro atoms. The van der Waals surface area contributed by atoms with Gasteiger partial charge in [-0.2, -0.15) is 5.26 Å². The van der Waals surface area contributed by atoms with Crippen molar-refractivity contribution in [3.8, 4) is 28.1 Å². The topological polar surface area (TPSA) is 81.4 Å². The van der Waals surface area contributed by atoms with Crippen molar-refractivity contribution < 1.29 is 19.0 Å². The van der Waals surface area contributed by atoms with E-state index in [-0.39, 0.29) is 18.9 Å². The van der Waals surface area contributed by atoms with Crippen LogP contribution in [-0.2, 0) is 4.74 Å². The van der Waals surface area contributed by atoms with Crippen LogP contribution in [0.2, 0.25) is 0 Å². The summed E-state index contributed by atoms with van der Waals surface area (Å²) in [6.45, 7) is 0.321. The zero-order chi connectivity index (χ0) is 19.1. The number of esters is 1. The van der Waals surface area contributed by atoms with E-state index in [0.29, 0.717) is 11.3 Å². The lowest BCUT2D eigenvalue weighted by molar-refractivity contribution is 0.0444. The number of aromatic nitrogens is 1. The van der Waals surface area contributed by atoms with Gasteiger partial charge in [-0.3, -0.25) is 0 Å². The van der Waals surface area contributed by atoms with Crippen LogP contribution >= 0.6 is 11.3 Å². The molecule has 6 nitrogen and oxygen atoms in total. The summed E-state index contributed by atoms with van der Waals surface area (Å²) in [5.41, 5.74) is 1.73. The highest BCUT2D eigenvalue weighted by atomic mass is 32.1. The molecule has 1 aromatic heterocycles. The Balaban J connectivity index is 1.49. The van der Waals surface area contributed by atoms with E-state index < -0.39 is 5.97 Å². The fourth-order valence-electron chi connectivity index (χ4n) is 2.23. The Bertz CT molecular complexity index is 943. The van der Waals surface area contributed by atoms with Gasteiger partial charge in [0.15, 0.2) is 5.69 Å². The Morgan fingerprint density at radius 2 is 1.78 bits per heavy atom. The van der Waals surface area contributed by atoms with Crippen molar-refractivity contribution >= 4 is 17.3 Å². The van der Waals surface area contributed by atoms with Crippen molar-refractivity contribution in [1.82, 2.24) is 4.98 Å². The molecule has 0 bridgehead atoms.